The molecule has 0 heterocycles. The second-order valence-corrected chi connectivity index (χ2v) is 2.02. The van der Waals surface area contributed by atoms with Crippen LogP contribution in [-0.2, 0) is 23.6 Å². The first-order valence-electron chi connectivity index (χ1n) is 2.16. The molecule has 0 aliphatic carbocycles. The first-order valence-corrected chi connectivity index (χ1v) is 3.36. The van der Waals surface area contributed by atoms with Crippen LogP contribution >= 0.6 is 0 Å². The molecule has 0 amide bonds. The van der Waals surface area contributed by atoms with Crippen LogP contribution in [-0.4, -0.2) is 6.61 Å². The quantitative estimate of drug-likeness (QED) is 0.402. The van der Waals surface area contributed by atoms with Gasteiger partial charge in [0.1, 0.15) is 0 Å². The van der Waals surface area contributed by atoms with Crippen LogP contribution in [0.5, 0.6) is 0 Å². The maximum atomic E-state index is 4.87. The Kier molecular flexibility index (Phi) is 139. The molecule has 0 atom stereocenters. The summed E-state index contributed by atoms with van der Waals surface area (Å²) in [4.78, 5) is 0. The maximum Gasteiger partial charge on any atom is -1.00 e. The van der Waals surface area contributed by atoms with Crippen LogP contribution in [0.15, 0.2) is 0 Å². The molecule has 0 unspecified atom stereocenters. The molecule has 0 fully saturated rings. The molecular weight excluding hydrogens is 425 g/mol. The largest absolute Gasteiger partial charge is 1.00 e. The second-order valence-electron chi connectivity index (χ2n) is 1.18. The van der Waals surface area contributed by atoms with Gasteiger partial charge in [0.25, 0.3) is 0 Å². The van der Waals surface area contributed by atoms with Gasteiger partial charge in [0, 0.05) is 0 Å². The molecule has 0 aliphatic heterocycles. The molecule has 0 aromatic rings. The van der Waals surface area contributed by atoms with Gasteiger partial charge in [0.15, 0.2) is 0 Å². The van der Waals surface area contributed by atoms with Gasteiger partial charge in [-0.2, -0.15) is 0 Å². The molecule has 1 nitrogen and oxygen atoms in total. The van der Waals surface area contributed by atoms with Crippen molar-refractivity contribution in [3.05, 3.63) is 0 Å². The topological polar surface area (TPSA) is 9.23 Å². The molecule has 0 bridgehead atoms. The molecule has 0 N–H and O–H groups in total. The van der Waals surface area contributed by atoms with Gasteiger partial charge < -0.3 is 62.0 Å². The molecule has 72 valence electrons. The Balaban J connectivity index is -0.0000000125. The Hall–Kier alpha value is 2.10. The molecule has 0 saturated heterocycles. The fraction of sp³-hybridized carbons (Fsp3) is 1.00. The molecule has 0 aliphatic rings. The third-order valence-corrected chi connectivity index (χ3v) is 1.18. The van der Waals surface area contributed by atoms with Crippen molar-refractivity contribution in [2.45, 2.75) is 19.8 Å². The first kappa shape index (κ1) is 38.1. The van der Waals surface area contributed by atoms with Crippen molar-refractivity contribution in [3.8, 4) is 0 Å². The minimum atomic E-state index is 0. The summed E-state index contributed by atoms with van der Waals surface area (Å²) < 4.78 is 4.87. The maximum absolute atomic E-state index is 4.87. The first-order chi connectivity index (χ1) is 2.91. The average Bonchev–Trinajstić information content (AvgIpc) is 1.61. The molecule has 0 aromatic heterocycles. The van der Waals surface area contributed by atoms with Crippen molar-refractivity contribution < 1.29 is 85.6 Å². The van der Waals surface area contributed by atoms with Gasteiger partial charge in [0.05, 0.1) is 0 Å². The summed E-state index contributed by atoms with van der Waals surface area (Å²) in [5.74, 6) is 0. The third kappa shape index (κ3) is 47.5. The van der Waals surface area contributed by atoms with Gasteiger partial charge in [0.2, 0.25) is 0 Å². The summed E-state index contributed by atoms with van der Waals surface area (Å²) in [6.07, 6.45) is 2.46. The molecule has 0 spiro atoms. The zero-order chi connectivity index (χ0) is 4.83. The van der Waals surface area contributed by atoms with Gasteiger partial charge in [-0.1, -0.05) is 0 Å². The van der Waals surface area contributed by atoms with E-state index in [2.05, 4.69) is 6.92 Å². The SMILES string of the molecule is CCCC[O][W+5].[Cl-].[Cl-].[Cl-].[Cl-].[Cl-]. The van der Waals surface area contributed by atoms with Crippen molar-refractivity contribution in [1.82, 2.24) is 0 Å². The van der Waals surface area contributed by atoms with Crippen LogP contribution in [0.1, 0.15) is 19.8 Å². The smallest absolute Gasteiger partial charge is 1.00 e. The standard InChI is InChI=1S/C4H9O.5ClH.W/c1-2-3-4-5;;;;;;/h2-4H2,1H3;5*1H;/q-1;;;;;;+6/p-5. The van der Waals surface area contributed by atoms with E-state index in [0.717, 1.165) is 6.61 Å². The number of hydrogen-bond acceptors (Lipinski definition) is 1. The minimum Gasteiger partial charge on any atom is -1.00 e. The van der Waals surface area contributed by atoms with Crippen molar-refractivity contribution in [2.75, 3.05) is 6.61 Å². The van der Waals surface area contributed by atoms with E-state index < -0.39 is 0 Å². The van der Waals surface area contributed by atoms with E-state index >= 15 is 0 Å². The third-order valence-electron chi connectivity index (χ3n) is 0.581. The van der Waals surface area contributed by atoms with E-state index in [1.807, 2.05) is 0 Å². The predicted molar refractivity (Wildman–Crippen MR) is 20.9 cm³/mol. The number of unbranched alkanes of at least 4 members (excludes halogenated alkanes) is 1. The van der Waals surface area contributed by atoms with Gasteiger partial charge in [-0.25, -0.2) is 0 Å². The zero-order valence-electron chi connectivity index (χ0n) is 5.83. The van der Waals surface area contributed by atoms with E-state index in [0.29, 0.717) is 0 Å². The van der Waals surface area contributed by atoms with Crippen LogP contribution in [0.25, 0.3) is 0 Å². The summed E-state index contributed by atoms with van der Waals surface area (Å²) in [6, 6.07) is 0. The monoisotopic (exact) mass is 432 g/mol. The van der Waals surface area contributed by atoms with Crippen molar-refractivity contribution in [2.24, 2.45) is 0 Å². The Morgan fingerprint density at radius 3 is 1.45 bits per heavy atom. The van der Waals surface area contributed by atoms with Gasteiger partial charge >= 0.3 is 50.0 Å². The summed E-state index contributed by atoms with van der Waals surface area (Å²) in [7, 11) is 0. The van der Waals surface area contributed by atoms with Crippen LogP contribution < -0.4 is 62.0 Å². The second kappa shape index (κ2) is 40.1. The normalized spacial score (nSPS) is 5.00. The summed E-state index contributed by atoms with van der Waals surface area (Å²) in [6.45, 7) is 3.11. The van der Waals surface area contributed by atoms with Gasteiger partial charge in [-0.3, -0.25) is 0 Å². The van der Waals surface area contributed by atoms with E-state index in [4.69, 9.17) is 3.39 Å². The Morgan fingerprint density at radius 1 is 1.00 bits per heavy atom. The van der Waals surface area contributed by atoms with Crippen LogP contribution in [0, 0.1) is 0 Å². The van der Waals surface area contributed by atoms with E-state index in [9.17, 15) is 0 Å². The van der Waals surface area contributed by atoms with Crippen molar-refractivity contribution in [1.29, 1.82) is 0 Å². The summed E-state index contributed by atoms with van der Waals surface area (Å²) in [5, 5.41) is 0. The van der Waals surface area contributed by atoms with Crippen molar-refractivity contribution >= 4 is 0 Å². The number of rotatable bonds is 3. The van der Waals surface area contributed by atoms with Crippen LogP contribution in [0.4, 0.5) is 0 Å². The molecule has 0 aromatic carbocycles. The molecule has 11 heavy (non-hydrogen) atoms. The van der Waals surface area contributed by atoms with Crippen LogP contribution in [0.2, 0.25) is 0 Å². The van der Waals surface area contributed by atoms with E-state index in [1.165, 1.54) is 33.0 Å². The van der Waals surface area contributed by atoms with Crippen molar-refractivity contribution in [3.63, 3.8) is 0 Å². The van der Waals surface area contributed by atoms with Gasteiger partial charge in [-0.15, -0.1) is 0 Å². The molecular formula is C4H9Cl5OW. The zero-order valence-corrected chi connectivity index (χ0v) is 12.5. The molecule has 0 radical (unpaired) electrons. The Bertz CT molecular complexity index is 30.4. The predicted octanol–water partition coefficient (Wildman–Crippen LogP) is -13.7. The number of hydrogen-bond donors (Lipinski definition) is 0. The fourth-order valence-corrected chi connectivity index (χ4v) is 0.627. The van der Waals surface area contributed by atoms with E-state index in [-0.39, 0.29) is 62.0 Å². The van der Waals surface area contributed by atoms with E-state index in [1.54, 1.807) is 0 Å². The number of halogens is 5. The summed E-state index contributed by atoms with van der Waals surface area (Å²) in [5.41, 5.74) is 0. The van der Waals surface area contributed by atoms with Crippen LogP contribution in [0.3, 0.4) is 0 Å². The Labute approximate surface area is 111 Å². The van der Waals surface area contributed by atoms with Gasteiger partial charge in [-0.05, 0) is 0 Å². The average molecular weight is 434 g/mol. The minimum absolute atomic E-state index is 0. The molecule has 7 heteroatoms. The Morgan fingerprint density at radius 2 is 1.36 bits per heavy atom. The molecule has 0 rings (SSSR count). The molecule has 0 saturated carbocycles. The fourth-order valence-electron chi connectivity index (χ4n) is 0.203. The summed E-state index contributed by atoms with van der Waals surface area (Å²) >= 11 is 1.23.